The summed E-state index contributed by atoms with van der Waals surface area (Å²) in [5.74, 6) is -0.815. The number of carbonyl (C=O) groups is 2. The van der Waals surface area contributed by atoms with Crippen molar-refractivity contribution in [3.05, 3.63) is 59.2 Å². The molecule has 0 aliphatic rings. The van der Waals surface area contributed by atoms with Gasteiger partial charge in [0.05, 0.1) is 23.2 Å². The molecule has 0 unspecified atom stereocenters. The van der Waals surface area contributed by atoms with E-state index >= 15 is 0 Å². The van der Waals surface area contributed by atoms with Gasteiger partial charge in [-0.2, -0.15) is 0 Å². The summed E-state index contributed by atoms with van der Waals surface area (Å²) < 4.78 is 26.2. The first-order chi connectivity index (χ1) is 14.5. The molecule has 0 aliphatic carbocycles. The largest absolute Gasteiger partial charge is 0.352 e. The molecule has 1 atom stereocenters. The lowest BCUT2D eigenvalue weighted by molar-refractivity contribution is -0.116. The molecule has 0 saturated heterocycles. The molecule has 0 aliphatic heterocycles. The van der Waals surface area contributed by atoms with Crippen LogP contribution in [0, 0.1) is 13.8 Å². The fourth-order valence-electron chi connectivity index (χ4n) is 3.39. The summed E-state index contributed by atoms with van der Waals surface area (Å²) in [5.41, 5.74) is 2.88. The lowest BCUT2D eigenvalue weighted by atomic mass is 10.1. The lowest BCUT2D eigenvalue weighted by Gasteiger charge is -2.29. The molecule has 8 heteroatoms. The highest BCUT2D eigenvalue weighted by Crippen LogP contribution is 2.25. The van der Waals surface area contributed by atoms with Gasteiger partial charge in [0.2, 0.25) is 15.9 Å². The number of sulfonamides is 1. The van der Waals surface area contributed by atoms with Gasteiger partial charge in [0.1, 0.15) is 6.04 Å². The number of aryl methyl sites for hydroxylation is 2. The van der Waals surface area contributed by atoms with Crippen LogP contribution in [-0.4, -0.2) is 39.1 Å². The Morgan fingerprint density at radius 2 is 1.68 bits per heavy atom. The number of carbonyl (C=O) groups excluding carboxylic acids is 2. The van der Waals surface area contributed by atoms with Crippen LogP contribution in [0.2, 0.25) is 0 Å². The van der Waals surface area contributed by atoms with Crippen molar-refractivity contribution in [2.45, 2.75) is 46.6 Å². The SMILES string of the molecule is CCCCNC(=O)c1ccccc1NC(=O)[C@H](C)N(c1cc(C)cc(C)c1)S(C)(=O)=O. The summed E-state index contributed by atoms with van der Waals surface area (Å²) in [7, 11) is -3.74. The molecule has 168 valence electrons. The number of rotatable bonds is 9. The van der Waals surface area contributed by atoms with Crippen LogP contribution < -0.4 is 14.9 Å². The van der Waals surface area contributed by atoms with Gasteiger partial charge in [0, 0.05) is 6.54 Å². The monoisotopic (exact) mass is 445 g/mol. The zero-order chi connectivity index (χ0) is 23.2. The molecule has 0 radical (unpaired) electrons. The van der Waals surface area contributed by atoms with Crippen molar-refractivity contribution >= 4 is 33.2 Å². The first kappa shape index (κ1) is 24.4. The first-order valence-electron chi connectivity index (χ1n) is 10.3. The number of nitrogens with zero attached hydrogens (tertiary/aromatic N) is 1. The minimum atomic E-state index is -3.74. The van der Waals surface area contributed by atoms with Crippen LogP contribution in [-0.2, 0) is 14.8 Å². The highest BCUT2D eigenvalue weighted by Gasteiger charge is 2.30. The maximum atomic E-state index is 13.0. The zero-order valence-electron chi connectivity index (χ0n) is 18.7. The number of benzene rings is 2. The Morgan fingerprint density at radius 3 is 2.26 bits per heavy atom. The van der Waals surface area contributed by atoms with Gasteiger partial charge in [-0.3, -0.25) is 13.9 Å². The van der Waals surface area contributed by atoms with Gasteiger partial charge in [-0.25, -0.2) is 8.42 Å². The fraction of sp³-hybridized carbons (Fsp3) is 0.391. The minimum absolute atomic E-state index is 0.286. The van der Waals surface area contributed by atoms with Gasteiger partial charge in [-0.1, -0.05) is 31.5 Å². The molecule has 0 saturated carbocycles. The average Bonchev–Trinajstić information content (AvgIpc) is 2.66. The third-order valence-corrected chi connectivity index (χ3v) is 6.04. The van der Waals surface area contributed by atoms with Gasteiger partial charge in [0.25, 0.3) is 5.91 Å². The molecule has 2 aromatic carbocycles. The van der Waals surface area contributed by atoms with Crippen LogP contribution in [0.1, 0.15) is 48.2 Å². The molecule has 2 rings (SSSR count). The van der Waals surface area contributed by atoms with Crippen molar-refractivity contribution in [2.75, 3.05) is 22.4 Å². The minimum Gasteiger partial charge on any atom is -0.352 e. The zero-order valence-corrected chi connectivity index (χ0v) is 19.5. The van der Waals surface area contributed by atoms with Crippen molar-refractivity contribution in [1.82, 2.24) is 5.32 Å². The topological polar surface area (TPSA) is 95.6 Å². The number of nitrogens with one attached hydrogen (secondary N) is 2. The van der Waals surface area contributed by atoms with Crippen LogP contribution in [0.5, 0.6) is 0 Å². The Labute approximate surface area is 184 Å². The van der Waals surface area contributed by atoms with Crippen LogP contribution in [0.15, 0.2) is 42.5 Å². The lowest BCUT2D eigenvalue weighted by Crippen LogP contribution is -2.45. The third-order valence-electron chi connectivity index (χ3n) is 4.79. The molecule has 0 bridgehead atoms. The second kappa shape index (κ2) is 10.4. The van der Waals surface area contributed by atoms with Crippen molar-refractivity contribution in [3.63, 3.8) is 0 Å². The summed E-state index contributed by atoms with van der Waals surface area (Å²) in [6, 6.07) is 11.0. The summed E-state index contributed by atoms with van der Waals surface area (Å²) in [6.45, 7) is 7.84. The van der Waals surface area contributed by atoms with Crippen LogP contribution in [0.4, 0.5) is 11.4 Å². The standard InChI is InChI=1S/C23H31N3O4S/c1-6-7-12-24-23(28)20-10-8-9-11-21(20)25-22(27)18(4)26(31(5,29)30)19-14-16(2)13-17(3)15-19/h8-11,13-15,18H,6-7,12H2,1-5H3,(H,24,28)(H,25,27)/t18-/m0/s1. The molecular weight excluding hydrogens is 414 g/mol. The van der Waals surface area contributed by atoms with E-state index in [-0.39, 0.29) is 5.91 Å². The number of hydrogen-bond acceptors (Lipinski definition) is 4. The van der Waals surface area contributed by atoms with E-state index in [1.54, 1.807) is 36.4 Å². The molecule has 0 heterocycles. The Kier molecular flexibility index (Phi) is 8.21. The second-order valence-corrected chi connectivity index (χ2v) is 9.58. The van der Waals surface area contributed by atoms with Gasteiger partial charge in [0.15, 0.2) is 0 Å². The normalized spacial score (nSPS) is 12.2. The van der Waals surface area contributed by atoms with Gasteiger partial charge >= 0.3 is 0 Å². The number of hydrogen-bond donors (Lipinski definition) is 2. The fourth-order valence-corrected chi connectivity index (χ4v) is 4.55. The van der Waals surface area contributed by atoms with E-state index in [2.05, 4.69) is 10.6 Å². The van der Waals surface area contributed by atoms with E-state index in [9.17, 15) is 18.0 Å². The van der Waals surface area contributed by atoms with E-state index in [0.29, 0.717) is 23.5 Å². The average molecular weight is 446 g/mol. The summed E-state index contributed by atoms with van der Waals surface area (Å²) in [5, 5.41) is 5.56. The number of anilines is 2. The molecule has 7 nitrogen and oxygen atoms in total. The van der Waals surface area contributed by atoms with Crippen molar-refractivity contribution < 1.29 is 18.0 Å². The van der Waals surface area contributed by atoms with Crippen molar-refractivity contribution in [2.24, 2.45) is 0 Å². The van der Waals surface area contributed by atoms with E-state index in [4.69, 9.17) is 0 Å². The van der Waals surface area contributed by atoms with E-state index < -0.39 is 22.0 Å². The van der Waals surface area contributed by atoms with Gasteiger partial charge in [-0.05, 0) is 62.6 Å². The van der Waals surface area contributed by atoms with E-state index in [1.165, 1.54) is 6.92 Å². The Hall–Kier alpha value is -2.87. The molecule has 2 aromatic rings. The maximum absolute atomic E-state index is 13.0. The first-order valence-corrected chi connectivity index (χ1v) is 12.1. The Balaban J connectivity index is 2.31. The van der Waals surface area contributed by atoms with Crippen LogP contribution in [0.3, 0.4) is 0 Å². The van der Waals surface area contributed by atoms with E-state index in [0.717, 1.165) is 34.5 Å². The number of amides is 2. The quantitative estimate of drug-likeness (QED) is 0.576. The Bertz CT molecular complexity index is 1030. The number of unbranched alkanes of at least 4 members (excludes halogenated alkanes) is 1. The van der Waals surface area contributed by atoms with Crippen molar-refractivity contribution in [1.29, 1.82) is 0 Å². The maximum Gasteiger partial charge on any atom is 0.253 e. The third kappa shape index (κ3) is 6.55. The molecule has 0 aromatic heterocycles. The van der Waals surface area contributed by atoms with Crippen LogP contribution in [0.25, 0.3) is 0 Å². The molecule has 0 fully saturated rings. The molecule has 2 amide bonds. The van der Waals surface area contributed by atoms with Crippen molar-refractivity contribution in [3.8, 4) is 0 Å². The molecular formula is C23H31N3O4S. The summed E-state index contributed by atoms with van der Waals surface area (Å²) in [4.78, 5) is 25.5. The second-order valence-electron chi connectivity index (χ2n) is 7.72. The van der Waals surface area contributed by atoms with Gasteiger partial charge < -0.3 is 10.6 Å². The van der Waals surface area contributed by atoms with Gasteiger partial charge in [-0.15, -0.1) is 0 Å². The van der Waals surface area contributed by atoms with E-state index in [1.807, 2.05) is 26.8 Å². The summed E-state index contributed by atoms with van der Waals surface area (Å²) >= 11 is 0. The molecule has 0 spiro atoms. The molecule has 31 heavy (non-hydrogen) atoms. The predicted molar refractivity (Wildman–Crippen MR) is 125 cm³/mol. The Morgan fingerprint density at radius 1 is 1.06 bits per heavy atom. The van der Waals surface area contributed by atoms with Crippen LogP contribution >= 0.6 is 0 Å². The molecule has 2 N–H and O–H groups in total. The number of para-hydroxylation sites is 1. The summed E-state index contributed by atoms with van der Waals surface area (Å²) in [6.07, 6.45) is 2.88. The highest BCUT2D eigenvalue weighted by atomic mass is 32.2. The highest BCUT2D eigenvalue weighted by molar-refractivity contribution is 7.92. The smallest absolute Gasteiger partial charge is 0.253 e. The predicted octanol–water partition coefficient (Wildman–Crippen LogP) is 3.63.